The van der Waals surface area contributed by atoms with Gasteiger partial charge in [-0.3, -0.25) is 14.9 Å². The summed E-state index contributed by atoms with van der Waals surface area (Å²) < 4.78 is 4.90. The number of aromatic nitrogens is 3. The average molecular weight is 423 g/mol. The number of amides is 1. The molecule has 2 N–H and O–H groups in total. The van der Waals surface area contributed by atoms with Gasteiger partial charge in [0.1, 0.15) is 0 Å². The van der Waals surface area contributed by atoms with Crippen LogP contribution >= 0.6 is 10.9 Å². The largest absolute Gasteiger partial charge is 0.465 e. The molecular weight excluding hydrogens is 400 g/mol. The Labute approximate surface area is 176 Å². The molecule has 30 heavy (non-hydrogen) atoms. The van der Waals surface area contributed by atoms with E-state index in [0.29, 0.717) is 16.9 Å². The van der Waals surface area contributed by atoms with E-state index in [4.69, 9.17) is 4.74 Å². The van der Waals surface area contributed by atoms with E-state index in [1.807, 2.05) is 36.6 Å². The third kappa shape index (κ3) is 3.86. The summed E-state index contributed by atoms with van der Waals surface area (Å²) in [6.45, 7) is 2.01. The molecule has 0 fully saturated rings. The van der Waals surface area contributed by atoms with Crippen LogP contribution in [-0.2, 0) is 9.53 Å². The molecule has 2 atom stereocenters. The van der Waals surface area contributed by atoms with Crippen LogP contribution in [0.15, 0.2) is 70.2 Å². The van der Waals surface area contributed by atoms with Crippen molar-refractivity contribution in [3.05, 3.63) is 76.4 Å². The van der Waals surface area contributed by atoms with E-state index in [0.717, 1.165) is 21.4 Å². The number of rotatable bonds is 6. The van der Waals surface area contributed by atoms with Gasteiger partial charge in [-0.05, 0) is 47.7 Å². The number of esters is 1. The molecule has 7 nitrogen and oxygen atoms in total. The smallest absolute Gasteiger partial charge is 0.343 e. The fraction of sp³-hybridized carbons (Fsp3) is 0.182. The molecule has 0 bridgehead atoms. The lowest BCUT2D eigenvalue weighted by atomic mass is 10.1. The molecule has 3 aromatic rings. The number of aromatic amines is 1. The summed E-state index contributed by atoms with van der Waals surface area (Å²) in [6, 6.07) is 7.25. The first-order valence-corrected chi connectivity index (χ1v) is 11.0. The highest BCUT2D eigenvalue weighted by Crippen LogP contribution is 2.48. The first-order valence-electron chi connectivity index (χ1n) is 9.55. The lowest BCUT2D eigenvalue weighted by Crippen LogP contribution is -2.28. The summed E-state index contributed by atoms with van der Waals surface area (Å²) >= 11 is 0. The van der Waals surface area contributed by atoms with Crippen LogP contribution in [0.5, 0.6) is 0 Å². The van der Waals surface area contributed by atoms with E-state index in [2.05, 4.69) is 20.5 Å². The van der Waals surface area contributed by atoms with Gasteiger partial charge in [-0.2, -0.15) is 16.0 Å². The number of carbonyl (C=O) groups excluding carboxylic acids is 2. The number of H-pyrrole nitrogens is 1. The number of methoxy groups -OCH3 is 1. The number of hydrogen-bond donors (Lipinski definition) is 3. The molecule has 1 aromatic carbocycles. The highest BCUT2D eigenvalue weighted by molar-refractivity contribution is 8.23. The highest BCUT2D eigenvalue weighted by Gasteiger charge is 2.22. The number of nitrogens with zero attached hydrogens (tertiary/aromatic N) is 2. The summed E-state index contributed by atoms with van der Waals surface area (Å²) in [4.78, 5) is 30.8. The maximum atomic E-state index is 12.8. The summed E-state index contributed by atoms with van der Waals surface area (Å²) in [5.41, 5.74) is 2.36. The summed E-state index contributed by atoms with van der Waals surface area (Å²) in [5.74, 6) is -0.483. The molecule has 0 radical (unpaired) electrons. The third-order valence-electron chi connectivity index (χ3n) is 4.98. The Morgan fingerprint density at radius 2 is 2.10 bits per heavy atom. The van der Waals surface area contributed by atoms with Crippen LogP contribution in [0.1, 0.15) is 35.3 Å². The zero-order chi connectivity index (χ0) is 21.1. The molecule has 1 aliphatic rings. The van der Waals surface area contributed by atoms with Crippen LogP contribution in [0.4, 0.5) is 0 Å². The van der Waals surface area contributed by atoms with Crippen LogP contribution in [0.2, 0.25) is 0 Å². The fourth-order valence-corrected chi connectivity index (χ4v) is 5.27. The molecular formula is C22H22N4O3S. The van der Waals surface area contributed by atoms with Gasteiger partial charge in [-0.1, -0.05) is 13.0 Å². The minimum Gasteiger partial charge on any atom is -0.465 e. The van der Waals surface area contributed by atoms with Gasteiger partial charge in [0.2, 0.25) is 0 Å². The van der Waals surface area contributed by atoms with E-state index in [1.54, 1.807) is 30.7 Å². The Morgan fingerprint density at radius 3 is 2.90 bits per heavy atom. The topological polar surface area (TPSA) is 97.0 Å². The standard InChI is InChI=1S/C22H22N4O3S/c1-3-18(25-21(27)14-6-7-19-15(9-14)12-24-26-19)16-10-17(13-23-11-16)30-8-4-5-20(30)22(28)29-2/h4-13,18,30H,3H2,1-2H3,(H,24,26)(H,25,27). The van der Waals surface area contributed by atoms with Crippen molar-refractivity contribution in [1.29, 1.82) is 0 Å². The van der Waals surface area contributed by atoms with Gasteiger partial charge in [0.25, 0.3) is 5.91 Å². The number of pyridine rings is 1. The molecule has 0 aliphatic carbocycles. The van der Waals surface area contributed by atoms with E-state index in [-0.39, 0.29) is 17.9 Å². The number of fused-ring (bicyclic) bond motifs is 1. The molecule has 8 heteroatoms. The van der Waals surface area contributed by atoms with Gasteiger partial charge >= 0.3 is 5.97 Å². The molecule has 4 rings (SSSR count). The zero-order valence-electron chi connectivity index (χ0n) is 16.6. The highest BCUT2D eigenvalue weighted by atomic mass is 32.2. The van der Waals surface area contributed by atoms with Gasteiger partial charge in [0.15, 0.2) is 0 Å². The van der Waals surface area contributed by atoms with Crippen molar-refractivity contribution in [2.24, 2.45) is 0 Å². The SMILES string of the molecule is CCC(NC(=O)c1ccc2[nH]ncc2c1)c1cncc([SH]2C=CC=C2C(=O)OC)c1. The van der Waals surface area contributed by atoms with E-state index in [9.17, 15) is 9.59 Å². The minimum atomic E-state index is -0.953. The molecule has 2 unspecified atom stereocenters. The molecule has 3 heterocycles. The first kappa shape index (κ1) is 19.9. The van der Waals surface area contributed by atoms with Gasteiger partial charge in [0, 0.05) is 28.2 Å². The number of hydrogen-bond acceptors (Lipinski definition) is 5. The molecule has 0 saturated carbocycles. The summed E-state index contributed by atoms with van der Waals surface area (Å²) in [6.07, 6.45) is 9.58. The Kier molecular flexibility index (Phi) is 5.67. The lowest BCUT2D eigenvalue weighted by molar-refractivity contribution is -0.135. The van der Waals surface area contributed by atoms with Crippen LogP contribution in [-0.4, -0.2) is 34.2 Å². The van der Waals surface area contributed by atoms with E-state index >= 15 is 0 Å². The molecule has 1 amide bonds. The lowest BCUT2D eigenvalue weighted by Gasteiger charge is -2.21. The maximum Gasteiger partial charge on any atom is 0.343 e. The molecule has 1 aliphatic heterocycles. The Morgan fingerprint density at radius 1 is 1.23 bits per heavy atom. The van der Waals surface area contributed by atoms with Crippen LogP contribution in [0.25, 0.3) is 10.9 Å². The van der Waals surface area contributed by atoms with E-state index < -0.39 is 10.9 Å². The van der Waals surface area contributed by atoms with Crippen molar-refractivity contribution < 1.29 is 14.3 Å². The van der Waals surface area contributed by atoms with Crippen LogP contribution in [0.3, 0.4) is 0 Å². The minimum absolute atomic E-state index is 0.156. The van der Waals surface area contributed by atoms with Gasteiger partial charge in [0.05, 0.1) is 29.8 Å². The van der Waals surface area contributed by atoms with E-state index in [1.165, 1.54) is 7.11 Å². The summed E-state index contributed by atoms with van der Waals surface area (Å²) in [5, 5.41) is 12.9. The van der Waals surface area contributed by atoms with Crippen LogP contribution < -0.4 is 5.32 Å². The van der Waals surface area contributed by atoms with Crippen molar-refractivity contribution >= 4 is 33.7 Å². The molecule has 0 spiro atoms. The van der Waals surface area contributed by atoms with Crippen molar-refractivity contribution in [3.63, 3.8) is 0 Å². The number of thiol groups is 1. The van der Waals surface area contributed by atoms with Gasteiger partial charge < -0.3 is 10.1 Å². The second-order valence-electron chi connectivity index (χ2n) is 6.84. The van der Waals surface area contributed by atoms with Crippen molar-refractivity contribution in [2.75, 3.05) is 7.11 Å². The zero-order valence-corrected chi connectivity index (χ0v) is 17.5. The monoisotopic (exact) mass is 422 g/mol. The predicted molar refractivity (Wildman–Crippen MR) is 117 cm³/mol. The van der Waals surface area contributed by atoms with Gasteiger partial charge in [-0.25, -0.2) is 4.79 Å². The number of benzene rings is 1. The Hall–Kier alpha value is -3.39. The second-order valence-corrected chi connectivity index (χ2v) is 8.87. The number of ether oxygens (including phenoxy) is 1. The normalized spacial score (nSPS) is 17.5. The average Bonchev–Trinajstić information content (AvgIpc) is 3.45. The number of carbonyl (C=O) groups is 2. The summed E-state index contributed by atoms with van der Waals surface area (Å²) in [7, 11) is 0.429. The second kappa shape index (κ2) is 8.54. The first-order chi connectivity index (χ1) is 14.6. The number of nitrogens with one attached hydrogen (secondary N) is 2. The number of allylic oxidation sites excluding steroid dienone is 2. The predicted octanol–water partition coefficient (Wildman–Crippen LogP) is 3.78. The van der Waals surface area contributed by atoms with Crippen molar-refractivity contribution in [3.8, 4) is 0 Å². The van der Waals surface area contributed by atoms with Crippen LogP contribution in [0, 0.1) is 0 Å². The molecule has 2 aromatic heterocycles. The fourth-order valence-electron chi connectivity index (χ4n) is 3.39. The van der Waals surface area contributed by atoms with Crippen molar-refractivity contribution in [2.45, 2.75) is 24.3 Å². The Balaban J connectivity index is 1.55. The molecule has 154 valence electrons. The Bertz CT molecular complexity index is 1170. The maximum absolute atomic E-state index is 12.8. The quantitative estimate of drug-likeness (QED) is 0.415. The van der Waals surface area contributed by atoms with Gasteiger partial charge in [-0.15, -0.1) is 0 Å². The third-order valence-corrected chi connectivity index (χ3v) is 7.11. The van der Waals surface area contributed by atoms with Crippen molar-refractivity contribution in [1.82, 2.24) is 20.5 Å². The molecule has 0 saturated heterocycles.